The number of rotatable bonds is 3. The van der Waals surface area contributed by atoms with Crippen LogP contribution in [0.2, 0.25) is 5.02 Å². The molecule has 5 heteroatoms. The molecule has 0 saturated carbocycles. The van der Waals surface area contributed by atoms with E-state index in [1.165, 1.54) is 6.21 Å². The Morgan fingerprint density at radius 2 is 2.40 bits per heavy atom. The fraction of sp³-hybridized carbons (Fsp3) is 0.200. The zero-order valence-electron chi connectivity index (χ0n) is 8.24. The Morgan fingerprint density at radius 3 is 2.93 bits per heavy atom. The van der Waals surface area contributed by atoms with Crippen molar-refractivity contribution in [2.45, 2.75) is 6.92 Å². The number of nitrogens with zero attached hydrogens (tertiary/aromatic N) is 1. The summed E-state index contributed by atoms with van der Waals surface area (Å²) < 4.78 is 4.83. The standard InChI is InChI=1S/C10H11ClN2O2/c1-2-15-10(14)8-4-3-7(6-13-12)5-9(8)11/h3-6H,2,12H2,1H3. The zero-order valence-corrected chi connectivity index (χ0v) is 8.99. The maximum absolute atomic E-state index is 11.4. The molecule has 15 heavy (non-hydrogen) atoms. The quantitative estimate of drug-likeness (QED) is 0.370. The van der Waals surface area contributed by atoms with Crippen LogP contribution in [0, 0.1) is 0 Å². The van der Waals surface area contributed by atoms with Gasteiger partial charge in [-0.05, 0) is 24.6 Å². The predicted octanol–water partition coefficient (Wildman–Crippen LogP) is 1.81. The van der Waals surface area contributed by atoms with Crippen LogP contribution >= 0.6 is 11.6 Å². The van der Waals surface area contributed by atoms with Crippen molar-refractivity contribution < 1.29 is 9.53 Å². The van der Waals surface area contributed by atoms with Gasteiger partial charge >= 0.3 is 5.97 Å². The first-order valence-corrected chi connectivity index (χ1v) is 4.76. The van der Waals surface area contributed by atoms with Crippen molar-refractivity contribution in [3.8, 4) is 0 Å². The Bertz CT molecular complexity index is 391. The molecule has 0 aliphatic rings. The SMILES string of the molecule is CCOC(=O)c1ccc(C=NN)cc1Cl. The summed E-state index contributed by atoms with van der Waals surface area (Å²) in [5.74, 6) is 4.56. The lowest BCUT2D eigenvalue weighted by Crippen LogP contribution is -2.05. The summed E-state index contributed by atoms with van der Waals surface area (Å²) in [4.78, 5) is 11.4. The van der Waals surface area contributed by atoms with Crippen molar-refractivity contribution in [2.24, 2.45) is 10.9 Å². The number of carbonyl (C=O) groups is 1. The van der Waals surface area contributed by atoms with Crippen molar-refractivity contribution in [3.05, 3.63) is 34.3 Å². The normalized spacial score (nSPS) is 10.5. The molecule has 4 nitrogen and oxygen atoms in total. The van der Waals surface area contributed by atoms with Crippen LogP contribution in [0.25, 0.3) is 0 Å². The average Bonchev–Trinajstić information content (AvgIpc) is 2.18. The smallest absolute Gasteiger partial charge is 0.339 e. The molecular weight excluding hydrogens is 216 g/mol. The van der Waals surface area contributed by atoms with Gasteiger partial charge in [-0.1, -0.05) is 17.7 Å². The fourth-order valence-corrected chi connectivity index (χ4v) is 1.34. The molecule has 0 aliphatic carbocycles. The Kier molecular flexibility index (Phi) is 4.12. The zero-order chi connectivity index (χ0) is 11.3. The van der Waals surface area contributed by atoms with Crippen molar-refractivity contribution in [1.82, 2.24) is 0 Å². The van der Waals surface area contributed by atoms with Crippen LogP contribution in [0.1, 0.15) is 22.8 Å². The number of hydrazone groups is 1. The van der Waals surface area contributed by atoms with E-state index in [1.54, 1.807) is 25.1 Å². The lowest BCUT2D eigenvalue weighted by molar-refractivity contribution is 0.0526. The molecular formula is C10H11ClN2O2. The van der Waals surface area contributed by atoms with E-state index in [-0.39, 0.29) is 0 Å². The summed E-state index contributed by atoms with van der Waals surface area (Å²) in [5, 5.41) is 3.68. The van der Waals surface area contributed by atoms with Gasteiger partial charge in [0, 0.05) is 0 Å². The Hall–Kier alpha value is -1.55. The number of benzene rings is 1. The molecule has 1 rings (SSSR count). The maximum atomic E-state index is 11.4. The number of ether oxygens (including phenoxy) is 1. The van der Waals surface area contributed by atoms with E-state index < -0.39 is 5.97 Å². The molecule has 0 saturated heterocycles. The molecule has 0 spiro atoms. The van der Waals surface area contributed by atoms with Gasteiger partial charge in [0.25, 0.3) is 0 Å². The minimum absolute atomic E-state index is 0.321. The molecule has 1 aromatic carbocycles. The number of hydrogen-bond donors (Lipinski definition) is 1. The van der Waals surface area contributed by atoms with Gasteiger partial charge in [-0.2, -0.15) is 5.10 Å². The van der Waals surface area contributed by atoms with Gasteiger partial charge in [-0.3, -0.25) is 0 Å². The predicted molar refractivity (Wildman–Crippen MR) is 59.2 cm³/mol. The van der Waals surface area contributed by atoms with Crippen LogP contribution in [0.15, 0.2) is 23.3 Å². The molecule has 80 valence electrons. The van der Waals surface area contributed by atoms with Crippen LogP contribution in [0.3, 0.4) is 0 Å². The number of carbonyl (C=O) groups excluding carboxylic acids is 1. The molecule has 0 aromatic heterocycles. The summed E-state index contributed by atoms with van der Waals surface area (Å²) in [7, 11) is 0. The van der Waals surface area contributed by atoms with E-state index in [9.17, 15) is 4.79 Å². The Labute approximate surface area is 92.7 Å². The van der Waals surface area contributed by atoms with Crippen LogP contribution in [0.4, 0.5) is 0 Å². The van der Waals surface area contributed by atoms with Crippen molar-refractivity contribution in [3.63, 3.8) is 0 Å². The van der Waals surface area contributed by atoms with Gasteiger partial charge < -0.3 is 10.6 Å². The highest BCUT2D eigenvalue weighted by Crippen LogP contribution is 2.18. The largest absolute Gasteiger partial charge is 0.462 e. The monoisotopic (exact) mass is 226 g/mol. The maximum Gasteiger partial charge on any atom is 0.339 e. The molecule has 0 atom stereocenters. The van der Waals surface area contributed by atoms with Crippen molar-refractivity contribution in [2.75, 3.05) is 6.61 Å². The molecule has 0 amide bonds. The van der Waals surface area contributed by atoms with Gasteiger partial charge in [0.2, 0.25) is 0 Å². The highest BCUT2D eigenvalue weighted by atomic mass is 35.5. The van der Waals surface area contributed by atoms with Gasteiger partial charge in [-0.15, -0.1) is 0 Å². The van der Waals surface area contributed by atoms with E-state index in [0.29, 0.717) is 17.2 Å². The highest BCUT2D eigenvalue weighted by Gasteiger charge is 2.10. The van der Waals surface area contributed by atoms with E-state index in [2.05, 4.69) is 5.10 Å². The Balaban J connectivity index is 2.97. The number of esters is 1. The number of halogens is 1. The van der Waals surface area contributed by atoms with Crippen LogP contribution < -0.4 is 5.84 Å². The molecule has 0 unspecified atom stereocenters. The molecule has 2 N–H and O–H groups in total. The number of nitrogens with two attached hydrogens (primary N) is 1. The summed E-state index contributed by atoms with van der Waals surface area (Å²) in [6.07, 6.45) is 1.45. The summed E-state index contributed by atoms with van der Waals surface area (Å²) in [6.45, 7) is 2.06. The van der Waals surface area contributed by atoms with E-state index in [1.807, 2.05) is 0 Å². The molecule has 0 bridgehead atoms. The van der Waals surface area contributed by atoms with Crippen LogP contribution in [-0.4, -0.2) is 18.8 Å². The first-order chi connectivity index (χ1) is 7.19. The lowest BCUT2D eigenvalue weighted by Gasteiger charge is -2.04. The molecule has 0 fully saturated rings. The van der Waals surface area contributed by atoms with Crippen LogP contribution in [0.5, 0.6) is 0 Å². The van der Waals surface area contributed by atoms with E-state index in [0.717, 1.165) is 5.56 Å². The second-order valence-corrected chi connectivity index (χ2v) is 3.15. The minimum Gasteiger partial charge on any atom is -0.462 e. The van der Waals surface area contributed by atoms with E-state index >= 15 is 0 Å². The summed E-state index contributed by atoms with van der Waals surface area (Å²) >= 11 is 5.89. The fourth-order valence-electron chi connectivity index (χ4n) is 1.07. The van der Waals surface area contributed by atoms with E-state index in [4.69, 9.17) is 22.2 Å². The Morgan fingerprint density at radius 1 is 1.67 bits per heavy atom. The third-order valence-corrected chi connectivity index (χ3v) is 2.02. The first-order valence-electron chi connectivity index (χ1n) is 4.39. The third-order valence-electron chi connectivity index (χ3n) is 1.71. The van der Waals surface area contributed by atoms with Gasteiger partial charge in [0.05, 0.1) is 23.4 Å². The van der Waals surface area contributed by atoms with Crippen molar-refractivity contribution in [1.29, 1.82) is 0 Å². The minimum atomic E-state index is -0.432. The molecule has 0 aliphatic heterocycles. The number of hydrogen-bond acceptors (Lipinski definition) is 4. The lowest BCUT2D eigenvalue weighted by atomic mass is 10.1. The van der Waals surface area contributed by atoms with Crippen molar-refractivity contribution >= 4 is 23.8 Å². The average molecular weight is 227 g/mol. The molecule has 1 aromatic rings. The van der Waals surface area contributed by atoms with Gasteiger partial charge in [0.1, 0.15) is 0 Å². The van der Waals surface area contributed by atoms with Crippen LogP contribution in [-0.2, 0) is 4.74 Å². The third kappa shape index (κ3) is 2.95. The summed E-state index contributed by atoms with van der Waals surface area (Å²) in [5.41, 5.74) is 1.07. The first kappa shape index (κ1) is 11.5. The second kappa shape index (κ2) is 5.36. The summed E-state index contributed by atoms with van der Waals surface area (Å²) in [6, 6.07) is 4.87. The topological polar surface area (TPSA) is 64.7 Å². The second-order valence-electron chi connectivity index (χ2n) is 2.74. The molecule has 0 radical (unpaired) electrons. The molecule has 0 heterocycles. The van der Waals surface area contributed by atoms with Gasteiger partial charge in [-0.25, -0.2) is 4.79 Å². The van der Waals surface area contributed by atoms with Gasteiger partial charge in [0.15, 0.2) is 0 Å². The highest BCUT2D eigenvalue weighted by molar-refractivity contribution is 6.33.